The largest absolute Gasteiger partial charge is 0.478 e. The lowest BCUT2D eigenvalue weighted by Gasteiger charge is -2.13. The third kappa shape index (κ3) is 1.66. The molecular weight excluding hydrogens is 200 g/mol. The fourth-order valence-electron chi connectivity index (χ4n) is 1.63. The maximum Gasteiger partial charge on any atom is 0.331 e. The molecule has 0 atom stereocenters. The maximum atomic E-state index is 10.7. The van der Waals surface area contributed by atoms with E-state index in [0.29, 0.717) is 17.0 Å². The van der Waals surface area contributed by atoms with E-state index < -0.39 is 5.97 Å². The van der Waals surface area contributed by atoms with E-state index in [0.717, 1.165) is 17.5 Å². The van der Waals surface area contributed by atoms with Crippen LogP contribution in [-0.4, -0.2) is 11.1 Å². The van der Waals surface area contributed by atoms with Crippen LogP contribution in [0, 0.1) is 0 Å². The number of halogens is 1. The van der Waals surface area contributed by atoms with E-state index in [-0.39, 0.29) is 0 Å². The molecule has 14 heavy (non-hydrogen) atoms. The number of fused-ring (bicyclic) bond motifs is 1. The molecule has 0 saturated heterocycles. The Bertz CT molecular complexity index is 421. The Balaban J connectivity index is 2.45. The predicted molar refractivity (Wildman–Crippen MR) is 55.4 cm³/mol. The highest BCUT2D eigenvalue weighted by atomic mass is 35.5. The molecule has 0 unspecified atom stereocenters. The fraction of sp³-hybridized carbons (Fsp3) is 0.182. The first kappa shape index (κ1) is 9.28. The van der Waals surface area contributed by atoms with E-state index in [9.17, 15) is 4.79 Å². The summed E-state index contributed by atoms with van der Waals surface area (Å²) in [4.78, 5) is 10.7. The zero-order valence-electron chi connectivity index (χ0n) is 7.46. The summed E-state index contributed by atoms with van der Waals surface area (Å²) in [6, 6.07) is 5.54. The van der Waals surface area contributed by atoms with Crippen molar-refractivity contribution in [2.24, 2.45) is 0 Å². The summed E-state index contributed by atoms with van der Waals surface area (Å²) in [5.41, 5.74) is 2.57. The van der Waals surface area contributed by atoms with Crippen molar-refractivity contribution in [3.05, 3.63) is 39.9 Å². The van der Waals surface area contributed by atoms with E-state index in [2.05, 4.69) is 0 Å². The van der Waals surface area contributed by atoms with Gasteiger partial charge >= 0.3 is 5.97 Å². The topological polar surface area (TPSA) is 37.3 Å². The lowest BCUT2D eigenvalue weighted by molar-refractivity contribution is -0.132. The zero-order chi connectivity index (χ0) is 10.1. The average molecular weight is 209 g/mol. The summed E-state index contributed by atoms with van der Waals surface area (Å²) in [5, 5.41) is 9.53. The molecular formula is C11H9ClO2. The van der Waals surface area contributed by atoms with Gasteiger partial charge in [0.2, 0.25) is 0 Å². The Morgan fingerprint density at radius 2 is 2.14 bits per heavy atom. The molecule has 0 aliphatic heterocycles. The summed E-state index contributed by atoms with van der Waals surface area (Å²) in [6.07, 6.45) is 3.06. The van der Waals surface area contributed by atoms with Gasteiger partial charge in [-0.3, -0.25) is 0 Å². The van der Waals surface area contributed by atoms with Crippen molar-refractivity contribution in [3.8, 4) is 0 Å². The average Bonchev–Trinajstić information content (AvgIpc) is 2.16. The number of carbonyl (C=O) groups is 1. The van der Waals surface area contributed by atoms with Gasteiger partial charge in [-0.15, -0.1) is 0 Å². The predicted octanol–water partition coefficient (Wildman–Crippen LogP) is 2.75. The van der Waals surface area contributed by atoms with Crippen molar-refractivity contribution < 1.29 is 9.90 Å². The number of rotatable bonds is 1. The van der Waals surface area contributed by atoms with Gasteiger partial charge in [-0.1, -0.05) is 17.7 Å². The number of hydrogen-bond donors (Lipinski definition) is 1. The second kappa shape index (κ2) is 3.46. The van der Waals surface area contributed by atoms with Crippen LogP contribution in [0.15, 0.2) is 23.8 Å². The van der Waals surface area contributed by atoms with Gasteiger partial charge in [0.05, 0.1) is 0 Å². The molecule has 0 saturated carbocycles. The lowest BCUT2D eigenvalue weighted by Crippen LogP contribution is -2.07. The molecule has 2 rings (SSSR count). The van der Waals surface area contributed by atoms with Crippen LogP contribution in [0.2, 0.25) is 5.02 Å². The molecule has 1 aromatic rings. The SMILES string of the molecule is O=C(O)C1=Cc2ccc(Cl)cc2CC1. The second-order valence-electron chi connectivity index (χ2n) is 3.32. The number of carboxylic acid groups (broad SMARTS) is 1. The Labute approximate surface area is 86.8 Å². The minimum atomic E-state index is -0.828. The first-order valence-electron chi connectivity index (χ1n) is 4.39. The standard InChI is InChI=1S/C11H9ClO2/c12-10-4-3-7-5-9(11(13)14)2-1-8(7)6-10/h3-6H,1-2H2,(H,13,14). The van der Waals surface area contributed by atoms with Crippen molar-refractivity contribution in [3.63, 3.8) is 0 Å². The summed E-state index contributed by atoms with van der Waals surface area (Å²) in [5.74, 6) is -0.828. The molecule has 0 heterocycles. The highest BCUT2D eigenvalue weighted by Gasteiger charge is 2.14. The highest BCUT2D eigenvalue weighted by molar-refractivity contribution is 6.30. The van der Waals surface area contributed by atoms with Crippen LogP contribution >= 0.6 is 11.6 Å². The van der Waals surface area contributed by atoms with E-state index in [1.807, 2.05) is 12.1 Å². The van der Waals surface area contributed by atoms with Crippen LogP contribution in [0.1, 0.15) is 17.5 Å². The van der Waals surface area contributed by atoms with Crippen LogP contribution in [0.25, 0.3) is 6.08 Å². The number of aliphatic carboxylic acids is 1. The van der Waals surface area contributed by atoms with Gasteiger partial charge in [-0.25, -0.2) is 4.79 Å². The number of hydrogen-bond acceptors (Lipinski definition) is 1. The Morgan fingerprint density at radius 1 is 1.36 bits per heavy atom. The number of carboxylic acids is 1. The maximum absolute atomic E-state index is 10.7. The van der Waals surface area contributed by atoms with Gasteiger partial charge in [-0.2, -0.15) is 0 Å². The molecule has 0 aromatic heterocycles. The molecule has 1 aliphatic carbocycles. The van der Waals surface area contributed by atoms with Gasteiger partial charge in [0.1, 0.15) is 0 Å². The Hall–Kier alpha value is -1.28. The van der Waals surface area contributed by atoms with E-state index in [1.165, 1.54) is 0 Å². The van der Waals surface area contributed by atoms with Crippen molar-refractivity contribution in [2.75, 3.05) is 0 Å². The normalized spacial score (nSPS) is 14.5. The summed E-state index contributed by atoms with van der Waals surface area (Å²) in [6.45, 7) is 0. The Kier molecular flexibility index (Phi) is 2.30. The van der Waals surface area contributed by atoms with E-state index in [4.69, 9.17) is 16.7 Å². The van der Waals surface area contributed by atoms with Crippen LogP contribution in [0.3, 0.4) is 0 Å². The minimum Gasteiger partial charge on any atom is -0.478 e. The molecule has 0 bridgehead atoms. The molecule has 0 spiro atoms. The van der Waals surface area contributed by atoms with Crippen molar-refractivity contribution in [1.82, 2.24) is 0 Å². The number of benzene rings is 1. The van der Waals surface area contributed by atoms with E-state index in [1.54, 1.807) is 12.1 Å². The molecule has 0 radical (unpaired) electrons. The molecule has 2 nitrogen and oxygen atoms in total. The third-order valence-corrected chi connectivity index (χ3v) is 2.61. The van der Waals surface area contributed by atoms with Crippen LogP contribution in [0.4, 0.5) is 0 Å². The van der Waals surface area contributed by atoms with E-state index >= 15 is 0 Å². The summed E-state index contributed by atoms with van der Waals surface area (Å²) < 4.78 is 0. The first-order chi connectivity index (χ1) is 6.66. The van der Waals surface area contributed by atoms with Crippen LogP contribution in [0.5, 0.6) is 0 Å². The zero-order valence-corrected chi connectivity index (χ0v) is 8.21. The summed E-state index contributed by atoms with van der Waals surface area (Å²) >= 11 is 5.84. The fourth-order valence-corrected chi connectivity index (χ4v) is 1.82. The van der Waals surface area contributed by atoms with Gasteiger partial charge in [-0.05, 0) is 42.2 Å². The monoisotopic (exact) mass is 208 g/mol. The minimum absolute atomic E-state index is 0.472. The quantitative estimate of drug-likeness (QED) is 0.771. The summed E-state index contributed by atoms with van der Waals surface area (Å²) in [7, 11) is 0. The second-order valence-corrected chi connectivity index (χ2v) is 3.75. The molecule has 1 aliphatic rings. The molecule has 0 amide bonds. The van der Waals surface area contributed by atoms with Crippen LogP contribution < -0.4 is 0 Å². The van der Waals surface area contributed by atoms with Gasteiger partial charge < -0.3 is 5.11 Å². The lowest BCUT2D eigenvalue weighted by atomic mass is 9.92. The van der Waals surface area contributed by atoms with Gasteiger partial charge in [0, 0.05) is 10.6 Å². The highest BCUT2D eigenvalue weighted by Crippen LogP contribution is 2.26. The molecule has 1 N–H and O–H groups in total. The third-order valence-electron chi connectivity index (χ3n) is 2.37. The molecule has 0 fully saturated rings. The van der Waals surface area contributed by atoms with Gasteiger partial charge in [0.15, 0.2) is 0 Å². The van der Waals surface area contributed by atoms with Crippen LogP contribution in [-0.2, 0) is 11.2 Å². The first-order valence-corrected chi connectivity index (χ1v) is 4.77. The molecule has 3 heteroatoms. The Morgan fingerprint density at radius 3 is 2.86 bits per heavy atom. The van der Waals surface area contributed by atoms with Gasteiger partial charge in [0.25, 0.3) is 0 Å². The van der Waals surface area contributed by atoms with Crippen molar-refractivity contribution in [1.29, 1.82) is 0 Å². The molecule has 72 valence electrons. The van der Waals surface area contributed by atoms with Crippen molar-refractivity contribution >= 4 is 23.6 Å². The smallest absolute Gasteiger partial charge is 0.331 e. The van der Waals surface area contributed by atoms with Crippen molar-refractivity contribution in [2.45, 2.75) is 12.8 Å². The molecule has 1 aromatic carbocycles. The number of aryl methyl sites for hydroxylation is 1.